The van der Waals surface area contributed by atoms with Crippen LogP contribution < -0.4 is 5.32 Å². The number of nitrogens with zero attached hydrogens (tertiary/aromatic N) is 4. The maximum absolute atomic E-state index is 12.8. The zero-order valence-electron chi connectivity index (χ0n) is 16.3. The standard InChI is InChI=1S/C19H20F3N5O4/c20-19(21,22)17(28)23-9-8-15-24-25-16(31-15)14-7-6-13-10-26(14)18(29)27(13)30-11-12-4-2-1-3-5-12/h1-5,13-14H,6-11H2,(H,23,28)/t13-,14+/m1/s1. The Bertz CT molecular complexity index is 936. The van der Waals surface area contributed by atoms with Crippen LogP contribution in [-0.2, 0) is 22.7 Å². The summed E-state index contributed by atoms with van der Waals surface area (Å²) in [6.45, 7) is 0.435. The van der Waals surface area contributed by atoms with Crippen LogP contribution in [-0.4, -0.2) is 57.4 Å². The third kappa shape index (κ3) is 4.63. The van der Waals surface area contributed by atoms with Crippen LogP contribution in [0.5, 0.6) is 0 Å². The molecule has 0 spiro atoms. The molecule has 0 unspecified atom stereocenters. The van der Waals surface area contributed by atoms with E-state index in [1.165, 1.54) is 5.06 Å². The molecule has 1 aromatic heterocycles. The molecular weight excluding hydrogens is 419 g/mol. The number of nitrogens with one attached hydrogen (secondary N) is 1. The van der Waals surface area contributed by atoms with E-state index in [-0.39, 0.29) is 43.4 Å². The van der Waals surface area contributed by atoms with E-state index in [0.29, 0.717) is 19.4 Å². The predicted molar refractivity (Wildman–Crippen MR) is 98.0 cm³/mol. The number of carbonyl (C=O) groups excluding carboxylic acids is 2. The molecule has 2 aromatic rings. The predicted octanol–water partition coefficient (Wildman–Crippen LogP) is 2.36. The molecule has 0 aliphatic carbocycles. The minimum Gasteiger partial charge on any atom is -0.423 e. The molecule has 2 saturated heterocycles. The lowest BCUT2D eigenvalue weighted by Gasteiger charge is -2.27. The van der Waals surface area contributed by atoms with Crippen molar-refractivity contribution in [2.75, 3.05) is 13.1 Å². The number of rotatable bonds is 7. The maximum atomic E-state index is 12.8. The third-order valence-electron chi connectivity index (χ3n) is 5.19. The summed E-state index contributed by atoms with van der Waals surface area (Å²) < 4.78 is 42.2. The van der Waals surface area contributed by atoms with Crippen LogP contribution in [0.25, 0.3) is 0 Å². The smallest absolute Gasteiger partial charge is 0.423 e. The lowest BCUT2D eigenvalue weighted by Crippen LogP contribution is -2.37. The zero-order valence-corrected chi connectivity index (χ0v) is 16.3. The molecule has 2 aliphatic heterocycles. The minimum atomic E-state index is -4.94. The Kier molecular flexibility index (Phi) is 5.81. The van der Waals surface area contributed by atoms with Gasteiger partial charge >= 0.3 is 18.1 Å². The van der Waals surface area contributed by atoms with Crippen molar-refractivity contribution in [3.8, 4) is 0 Å². The van der Waals surface area contributed by atoms with Crippen molar-refractivity contribution in [3.05, 3.63) is 47.7 Å². The molecule has 3 heterocycles. The lowest BCUT2D eigenvalue weighted by atomic mass is 10.0. The molecule has 2 atom stereocenters. The molecule has 1 aromatic carbocycles. The van der Waals surface area contributed by atoms with Gasteiger partial charge in [-0.25, -0.2) is 4.79 Å². The first-order valence-corrected chi connectivity index (χ1v) is 9.77. The fraction of sp³-hybridized carbons (Fsp3) is 0.474. The molecule has 0 radical (unpaired) electrons. The quantitative estimate of drug-likeness (QED) is 0.711. The second kappa shape index (κ2) is 8.53. The van der Waals surface area contributed by atoms with Crippen LogP contribution in [0.1, 0.15) is 36.2 Å². The number of hydrogen-bond acceptors (Lipinski definition) is 6. The molecule has 2 aliphatic rings. The summed E-state index contributed by atoms with van der Waals surface area (Å²) in [4.78, 5) is 31.0. The Morgan fingerprint density at radius 3 is 2.74 bits per heavy atom. The number of benzene rings is 1. The summed E-state index contributed by atoms with van der Waals surface area (Å²) in [5, 5.41) is 10.9. The van der Waals surface area contributed by atoms with Gasteiger partial charge in [-0.15, -0.1) is 10.2 Å². The molecule has 3 amide bonds. The number of piperidine rings is 1. The fourth-order valence-corrected chi connectivity index (χ4v) is 3.66. The maximum Gasteiger partial charge on any atom is 0.471 e. The van der Waals surface area contributed by atoms with E-state index >= 15 is 0 Å². The van der Waals surface area contributed by atoms with Crippen LogP contribution in [0.2, 0.25) is 0 Å². The van der Waals surface area contributed by atoms with Gasteiger partial charge in [0.15, 0.2) is 0 Å². The summed E-state index contributed by atoms with van der Waals surface area (Å²) >= 11 is 0. The van der Waals surface area contributed by atoms with Crippen LogP contribution >= 0.6 is 0 Å². The molecule has 2 fully saturated rings. The van der Waals surface area contributed by atoms with E-state index in [2.05, 4.69) is 10.2 Å². The van der Waals surface area contributed by atoms with Gasteiger partial charge in [0.1, 0.15) is 12.6 Å². The van der Waals surface area contributed by atoms with Crippen molar-refractivity contribution in [2.45, 2.75) is 44.1 Å². The number of alkyl halides is 3. The summed E-state index contributed by atoms with van der Waals surface area (Å²) in [5.74, 6) is -1.72. The van der Waals surface area contributed by atoms with Gasteiger partial charge in [0.05, 0.1) is 6.04 Å². The summed E-state index contributed by atoms with van der Waals surface area (Å²) in [7, 11) is 0. The highest BCUT2D eigenvalue weighted by Crippen LogP contribution is 2.38. The molecular formula is C19H20F3N5O4. The highest BCUT2D eigenvalue weighted by molar-refractivity contribution is 5.81. The van der Waals surface area contributed by atoms with Crippen LogP contribution in [0.3, 0.4) is 0 Å². The van der Waals surface area contributed by atoms with E-state index in [1.54, 1.807) is 10.2 Å². The first kappa shape index (κ1) is 21.1. The number of aromatic nitrogens is 2. The number of hydrogen-bond donors (Lipinski definition) is 1. The van der Waals surface area contributed by atoms with Crippen molar-refractivity contribution in [3.63, 3.8) is 0 Å². The third-order valence-corrected chi connectivity index (χ3v) is 5.19. The molecule has 31 heavy (non-hydrogen) atoms. The normalized spacial score (nSPS) is 20.9. The molecule has 9 nitrogen and oxygen atoms in total. The van der Waals surface area contributed by atoms with Crippen LogP contribution in [0.15, 0.2) is 34.7 Å². The van der Waals surface area contributed by atoms with E-state index in [4.69, 9.17) is 9.25 Å². The van der Waals surface area contributed by atoms with Crippen molar-refractivity contribution < 1.29 is 32.0 Å². The number of hydroxylamine groups is 2. The van der Waals surface area contributed by atoms with E-state index in [1.807, 2.05) is 30.3 Å². The average Bonchev–Trinajstić information content (AvgIpc) is 3.30. The average molecular weight is 439 g/mol. The van der Waals surface area contributed by atoms with Gasteiger partial charge in [-0.3, -0.25) is 9.63 Å². The van der Waals surface area contributed by atoms with Gasteiger partial charge in [0.2, 0.25) is 11.8 Å². The molecule has 0 saturated carbocycles. The number of urea groups is 1. The summed E-state index contributed by atoms with van der Waals surface area (Å²) in [5.41, 5.74) is 0.947. The van der Waals surface area contributed by atoms with E-state index in [0.717, 1.165) is 5.56 Å². The molecule has 2 bridgehead atoms. The highest BCUT2D eigenvalue weighted by Gasteiger charge is 2.47. The molecule has 12 heteroatoms. The van der Waals surface area contributed by atoms with Crippen molar-refractivity contribution in [2.24, 2.45) is 0 Å². The van der Waals surface area contributed by atoms with E-state index in [9.17, 15) is 22.8 Å². The van der Waals surface area contributed by atoms with Gasteiger partial charge in [0, 0.05) is 19.5 Å². The lowest BCUT2D eigenvalue weighted by molar-refractivity contribution is -0.173. The largest absolute Gasteiger partial charge is 0.471 e. The highest BCUT2D eigenvalue weighted by atomic mass is 19.4. The number of halogens is 3. The zero-order chi connectivity index (χ0) is 22.0. The van der Waals surface area contributed by atoms with Gasteiger partial charge in [-0.2, -0.15) is 18.2 Å². The SMILES string of the molecule is O=C1N2C[C@@H](CC[C@H]2c2nnc(CCNC(=O)C(F)(F)F)o2)N1OCc1ccccc1. The molecule has 166 valence electrons. The summed E-state index contributed by atoms with van der Waals surface area (Å²) in [6.07, 6.45) is -3.72. The molecule has 4 rings (SSSR count). The number of amides is 3. The monoisotopic (exact) mass is 439 g/mol. The molecule has 1 N–H and O–H groups in total. The first-order chi connectivity index (χ1) is 14.8. The Morgan fingerprint density at radius 2 is 2.00 bits per heavy atom. The second-order valence-corrected chi connectivity index (χ2v) is 7.30. The van der Waals surface area contributed by atoms with Crippen molar-refractivity contribution in [1.29, 1.82) is 0 Å². The van der Waals surface area contributed by atoms with Gasteiger partial charge in [-0.1, -0.05) is 30.3 Å². The van der Waals surface area contributed by atoms with Gasteiger partial charge in [0.25, 0.3) is 0 Å². The Balaban J connectivity index is 1.33. The number of carbonyl (C=O) groups is 2. The Hall–Kier alpha value is -3.15. The number of fused-ring (bicyclic) bond motifs is 2. The van der Waals surface area contributed by atoms with Gasteiger partial charge < -0.3 is 14.6 Å². The Morgan fingerprint density at radius 1 is 1.23 bits per heavy atom. The van der Waals surface area contributed by atoms with Crippen LogP contribution in [0, 0.1) is 0 Å². The van der Waals surface area contributed by atoms with Crippen LogP contribution in [0.4, 0.5) is 18.0 Å². The fourth-order valence-electron chi connectivity index (χ4n) is 3.66. The topological polar surface area (TPSA) is 101 Å². The van der Waals surface area contributed by atoms with Crippen molar-refractivity contribution >= 4 is 11.9 Å². The summed E-state index contributed by atoms with van der Waals surface area (Å²) in [6, 6.07) is 8.71. The van der Waals surface area contributed by atoms with E-state index < -0.39 is 18.1 Å². The van der Waals surface area contributed by atoms with Gasteiger partial charge in [-0.05, 0) is 18.4 Å². The minimum absolute atomic E-state index is 0.0512. The Labute approximate surface area is 175 Å². The first-order valence-electron chi connectivity index (χ1n) is 9.77. The van der Waals surface area contributed by atoms with Crippen molar-refractivity contribution in [1.82, 2.24) is 25.5 Å². The second-order valence-electron chi connectivity index (χ2n) is 7.30.